The Labute approximate surface area is 123 Å². The van der Waals surface area contributed by atoms with Crippen LogP contribution in [0.3, 0.4) is 0 Å². The van der Waals surface area contributed by atoms with Gasteiger partial charge in [0.05, 0.1) is 0 Å². The molecule has 0 bridgehead atoms. The molecule has 0 radical (unpaired) electrons. The van der Waals surface area contributed by atoms with Gasteiger partial charge in [-0.1, -0.05) is 18.2 Å². The molecule has 2 heterocycles. The van der Waals surface area contributed by atoms with Crippen molar-refractivity contribution in [2.75, 3.05) is 26.2 Å². The first-order valence-corrected chi connectivity index (χ1v) is 7.85. The van der Waals surface area contributed by atoms with Crippen LogP contribution in [-0.4, -0.2) is 41.9 Å². The highest BCUT2D eigenvalue weighted by molar-refractivity contribution is 7.07. The van der Waals surface area contributed by atoms with Crippen LogP contribution in [0.15, 0.2) is 47.2 Å². The zero-order valence-corrected chi connectivity index (χ0v) is 12.2. The molecule has 3 nitrogen and oxygen atoms in total. The summed E-state index contributed by atoms with van der Waals surface area (Å²) >= 11 is 1.74. The topological polar surface area (TPSA) is 23.6 Å². The lowest BCUT2D eigenvalue weighted by Gasteiger charge is -2.34. The Hall–Kier alpha value is -1.65. The first-order chi connectivity index (χ1) is 9.83. The lowest BCUT2D eigenvalue weighted by Crippen LogP contribution is -2.48. The van der Waals surface area contributed by atoms with Crippen molar-refractivity contribution in [1.29, 1.82) is 0 Å². The van der Waals surface area contributed by atoms with Gasteiger partial charge >= 0.3 is 0 Å². The monoisotopic (exact) mass is 286 g/mol. The molecule has 0 saturated carbocycles. The number of rotatable bonds is 3. The van der Waals surface area contributed by atoms with Crippen molar-refractivity contribution in [3.05, 3.63) is 58.3 Å². The average molecular weight is 286 g/mol. The molecule has 1 aromatic heterocycles. The van der Waals surface area contributed by atoms with Gasteiger partial charge in [-0.2, -0.15) is 11.3 Å². The summed E-state index contributed by atoms with van der Waals surface area (Å²) < 4.78 is 0. The number of carbonyl (C=O) groups excluding carboxylic acids is 1. The first kappa shape index (κ1) is 13.3. The van der Waals surface area contributed by atoms with E-state index in [-0.39, 0.29) is 5.91 Å². The fraction of sp³-hybridized carbons (Fsp3) is 0.312. The van der Waals surface area contributed by atoms with Crippen LogP contribution in [0, 0.1) is 0 Å². The Kier molecular flexibility index (Phi) is 4.14. The number of carbonyl (C=O) groups is 1. The summed E-state index contributed by atoms with van der Waals surface area (Å²) in [6.07, 6.45) is 0. The highest BCUT2D eigenvalue weighted by atomic mass is 32.1. The molecule has 20 heavy (non-hydrogen) atoms. The number of piperazine rings is 1. The molecular weight excluding hydrogens is 268 g/mol. The van der Waals surface area contributed by atoms with Crippen LogP contribution < -0.4 is 0 Å². The third-order valence-electron chi connectivity index (χ3n) is 3.67. The lowest BCUT2D eigenvalue weighted by molar-refractivity contribution is 0.0628. The second kappa shape index (κ2) is 6.20. The fourth-order valence-electron chi connectivity index (χ4n) is 2.51. The summed E-state index contributed by atoms with van der Waals surface area (Å²) in [7, 11) is 0. The van der Waals surface area contributed by atoms with Gasteiger partial charge in [0.15, 0.2) is 0 Å². The molecule has 0 unspecified atom stereocenters. The van der Waals surface area contributed by atoms with E-state index in [9.17, 15) is 4.79 Å². The van der Waals surface area contributed by atoms with Crippen molar-refractivity contribution < 1.29 is 4.79 Å². The third kappa shape index (κ3) is 3.08. The van der Waals surface area contributed by atoms with Crippen LogP contribution in [-0.2, 0) is 6.54 Å². The molecule has 0 atom stereocenters. The van der Waals surface area contributed by atoms with E-state index in [1.165, 1.54) is 5.56 Å². The van der Waals surface area contributed by atoms with E-state index in [2.05, 4.69) is 21.7 Å². The van der Waals surface area contributed by atoms with E-state index in [0.717, 1.165) is 38.3 Å². The van der Waals surface area contributed by atoms with E-state index >= 15 is 0 Å². The summed E-state index contributed by atoms with van der Waals surface area (Å²) in [5, 5.41) is 4.31. The fourth-order valence-corrected chi connectivity index (χ4v) is 3.17. The van der Waals surface area contributed by atoms with Gasteiger partial charge in [-0.3, -0.25) is 9.69 Å². The summed E-state index contributed by atoms with van der Waals surface area (Å²) in [5.74, 6) is 0.154. The van der Waals surface area contributed by atoms with E-state index in [4.69, 9.17) is 0 Å². The molecule has 1 amide bonds. The zero-order chi connectivity index (χ0) is 13.8. The van der Waals surface area contributed by atoms with Crippen LogP contribution in [0.1, 0.15) is 15.9 Å². The van der Waals surface area contributed by atoms with Crippen LogP contribution in [0.5, 0.6) is 0 Å². The molecule has 1 aromatic carbocycles. The summed E-state index contributed by atoms with van der Waals surface area (Å²) in [6.45, 7) is 4.54. The largest absolute Gasteiger partial charge is 0.336 e. The maximum atomic E-state index is 12.3. The quantitative estimate of drug-likeness (QED) is 0.866. The van der Waals surface area contributed by atoms with Crippen LogP contribution in [0.25, 0.3) is 0 Å². The van der Waals surface area contributed by atoms with Gasteiger partial charge in [0.2, 0.25) is 0 Å². The number of hydrogen-bond acceptors (Lipinski definition) is 3. The van der Waals surface area contributed by atoms with Gasteiger partial charge in [0.25, 0.3) is 5.91 Å². The Bertz CT molecular complexity index is 545. The highest BCUT2D eigenvalue weighted by Gasteiger charge is 2.21. The Balaban J connectivity index is 1.55. The predicted molar refractivity (Wildman–Crippen MR) is 81.9 cm³/mol. The van der Waals surface area contributed by atoms with Crippen molar-refractivity contribution in [1.82, 2.24) is 9.80 Å². The van der Waals surface area contributed by atoms with E-state index in [1.54, 1.807) is 11.3 Å². The molecule has 2 aromatic rings. The molecule has 1 aliphatic rings. The normalized spacial score (nSPS) is 16.3. The highest BCUT2D eigenvalue weighted by Crippen LogP contribution is 2.13. The van der Waals surface area contributed by atoms with Crippen LogP contribution in [0.2, 0.25) is 0 Å². The second-order valence-electron chi connectivity index (χ2n) is 5.07. The molecule has 0 aliphatic carbocycles. The number of benzene rings is 1. The van der Waals surface area contributed by atoms with E-state index in [0.29, 0.717) is 0 Å². The van der Waals surface area contributed by atoms with Crippen LogP contribution in [0.4, 0.5) is 0 Å². The number of amides is 1. The summed E-state index contributed by atoms with van der Waals surface area (Å²) in [5.41, 5.74) is 2.16. The standard InChI is InChI=1S/C16H18N2OS/c19-16(15-4-2-1-3-5-15)18-9-7-17(8-10-18)12-14-6-11-20-13-14/h1-6,11,13H,7-10,12H2. The lowest BCUT2D eigenvalue weighted by atomic mass is 10.2. The maximum Gasteiger partial charge on any atom is 0.253 e. The van der Waals surface area contributed by atoms with Crippen molar-refractivity contribution >= 4 is 17.2 Å². The molecule has 0 spiro atoms. The van der Waals surface area contributed by atoms with Crippen molar-refractivity contribution in [2.24, 2.45) is 0 Å². The number of nitrogens with zero attached hydrogens (tertiary/aromatic N) is 2. The van der Waals surface area contributed by atoms with E-state index < -0.39 is 0 Å². The van der Waals surface area contributed by atoms with E-state index in [1.807, 2.05) is 35.2 Å². The van der Waals surface area contributed by atoms with Gasteiger partial charge in [-0.05, 0) is 34.5 Å². The Morgan fingerprint density at radius 2 is 1.80 bits per heavy atom. The van der Waals surface area contributed by atoms with Gasteiger partial charge < -0.3 is 4.90 Å². The van der Waals surface area contributed by atoms with Crippen molar-refractivity contribution in [3.63, 3.8) is 0 Å². The second-order valence-corrected chi connectivity index (χ2v) is 5.85. The smallest absolute Gasteiger partial charge is 0.253 e. The summed E-state index contributed by atoms with van der Waals surface area (Å²) in [6, 6.07) is 11.7. The molecule has 4 heteroatoms. The minimum Gasteiger partial charge on any atom is -0.336 e. The molecule has 1 fully saturated rings. The summed E-state index contributed by atoms with van der Waals surface area (Å²) in [4.78, 5) is 16.7. The van der Waals surface area contributed by atoms with Gasteiger partial charge in [0, 0.05) is 38.3 Å². The maximum absolute atomic E-state index is 12.3. The van der Waals surface area contributed by atoms with Crippen molar-refractivity contribution in [3.8, 4) is 0 Å². The van der Waals surface area contributed by atoms with Crippen molar-refractivity contribution in [2.45, 2.75) is 6.54 Å². The zero-order valence-electron chi connectivity index (χ0n) is 11.4. The van der Waals surface area contributed by atoms with Gasteiger partial charge in [-0.15, -0.1) is 0 Å². The van der Waals surface area contributed by atoms with Gasteiger partial charge in [0.1, 0.15) is 0 Å². The number of thiophene rings is 1. The predicted octanol–water partition coefficient (Wildman–Crippen LogP) is 2.71. The minimum atomic E-state index is 0.154. The third-order valence-corrected chi connectivity index (χ3v) is 4.40. The molecule has 0 N–H and O–H groups in total. The minimum absolute atomic E-state index is 0.154. The Morgan fingerprint density at radius 1 is 1.05 bits per heavy atom. The molecule has 3 rings (SSSR count). The molecule has 1 saturated heterocycles. The SMILES string of the molecule is O=C(c1ccccc1)N1CCN(Cc2ccsc2)CC1. The van der Waals surface area contributed by atoms with Crippen LogP contribution >= 0.6 is 11.3 Å². The first-order valence-electron chi connectivity index (χ1n) is 6.91. The average Bonchev–Trinajstić information content (AvgIpc) is 3.01. The molecule has 104 valence electrons. The molecular formula is C16H18N2OS. The molecule has 1 aliphatic heterocycles. The number of hydrogen-bond donors (Lipinski definition) is 0. The van der Waals surface area contributed by atoms with Gasteiger partial charge in [-0.25, -0.2) is 0 Å². The Morgan fingerprint density at radius 3 is 2.45 bits per heavy atom.